The molecule has 0 aliphatic heterocycles. The Hall–Kier alpha value is -1.55. The first-order valence-corrected chi connectivity index (χ1v) is 5.94. The van der Waals surface area contributed by atoms with E-state index in [0.717, 1.165) is 12.0 Å². The van der Waals surface area contributed by atoms with Gasteiger partial charge in [-0.2, -0.15) is 0 Å². The van der Waals surface area contributed by atoms with Crippen molar-refractivity contribution in [1.82, 2.24) is 10.6 Å². The second-order valence-electron chi connectivity index (χ2n) is 4.34. The SMILES string of the molecule is CC(C)NC(=O)NCc1ccc(CCN)cc1. The molecule has 4 heteroatoms. The summed E-state index contributed by atoms with van der Waals surface area (Å²) in [6.07, 6.45) is 0.890. The van der Waals surface area contributed by atoms with Gasteiger partial charge in [-0.05, 0) is 37.9 Å². The summed E-state index contributed by atoms with van der Waals surface area (Å²) in [6, 6.07) is 8.14. The zero-order valence-electron chi connectivity index (χ0n) is 10.5. The molecule has 0 aliphatic rings. The molecule has 4 N–H and O–H groups in total. The molecule has 0 fully saturated rings. The van der Waals surface area contributed by atoms with E-state index in [0.29, 0.717) is 13.1 Å². The summed E-state index contributed by atoms with van der Waals surface area (Å²) in [5, 5.41) is 5.59. The zero-order chi connectivity index (χ0) is 12.7. The van der Waals surface area contributed by atoms with E-state index in [1.54, 1.807) is 0 Å². The summed E-state index contributed by atoms with van der Waals surface area (Å²) in [4.78, 5) is 11.4. The Kier molecular flexibility index (Phi) is 5.49. The fourth-order valence-electron chi connectivity index (χ4n) is 1.49. The molecule has 0 saturated carbocycles. The van der Waals surface area contributed by atoms with Crippen molar-refractivity contribution in [2.75, 3.05) is 6.54 Å². The Morgan fingerprint density at radius 3 is 2.35 bits per heavy atom. The maximum Gasteiger partial charge on any atom is 0.315 e. The molecule has 4 nitrogen and oxygen atoms in total. The van der Waals surface area contributed by atoms with E-state index in [-0.39, 0.29) is 12.1 Å². The highest BCUT2D eigenvalue weighted by Crippen LogP contribution is 2.04. The summed E-state index contributed by atoms with van der Waals surface area (Å²) < 4.78 is 0. The van der Waals surface area contributed by atoms with E-state index in [1.807, 2.05) is 38.1 Å². The van der Waals surface area contributed by atoms with Gasteiger partial charge in [-0.3, -0.25) is 0 Å². The summed E-state index contributed by atoms with van der Waals surface area (Å²) in [6.45, 7) is 5.07. The van der Waals surface area contributed by atoms with Gasteiger partial charge in [0.05, 0.1) is 0 Å². The molecule has 0 unspecified atom stereocenters. The van der Waals surface area contributed by atoms with Gasteiger partial charge in [0.25, 0.3) is 0 Å². The van der Waals surface area contributed by atoms with Crippen LogP contribution in [0.5, 0.6) is 0 Å². The van der Waals surface area contributed by atoms with Crippen molar-refractivity contribution < 1.29 is 4.79 Å². The Morgan fingerprint density at radius 2 is 1.82 bits per heavy atom. The highest BCUT2D eigenvalue weighted by molar-refractivity contribution is 5.74. The predicted molar refractivity (Wildman–Crippen MR) is 69.7 cm³/mol. The Balaban J connectivity index is 2.39. The molecule has 1 aromatic rings. The van der Waals surface area contributed by atoms with Crippen molar-refractivity contribution in [2.24, 2.45) is 5.73 Å². The van der Waals surface area contributed by atoms with Crippen molar-refractivity contribution in [3.8, 4) is 0 Å². The number of carbonyl (C=O) groups is 1. The van der Waals surface area contributed by atoms with Crippen LogP contribution in [-0.4, -0.2) is 18.6 Å². The highest BCUT2D eigenvalue weighted by Gasteiger charge is 2.01. The van der Waals surface area contributed by atoms with Crippen LogP contribution in [-0.2, 0) is 13.0 Å². The fourth-order valence-corrected chi connectivity index (χ4v) is 1.49. The minimum atomic E-state index is -0.133. The van der Waals surface area contributed by atoms with Gasteiger partial charge in [0.1, 0.15) is 0 Å². The molecule has 0 aliphatic carbocycles. The largest absolute Gasteiger partial charge is 0.336 e. The molecule has 0 saturated heterocycles. The smallest absolute Gasteiger partial charge is 0.315 e. The van der Waals surface area contributed by atoms with Crippen molar-refractivity contribution in [2.45, 2.75) is 32.9 Å². The lowest BCUT2D eigenvalue weighted by molar-refractivity contribution is 0.238. The lowest BCUT2D eigenvalue weighted by Gasteiger charge is -2.10. The number of rotatable bonds is 5. The zero-order valence-corrected chi connectivity index (χ0v) is 10.5. The van der Waals surface area contributed by atoms with E-state index in [1.165, 1.54) is 5.56 Å². The molecule has 0 heterocycles. The summed E-state index contributed by atoms with van der Waals surface area (Å²) in [5.41, 5.74) is 7.79. The van der Waals surface area contributed by atoms with Crippen LogP contribution in [0.15, 0.2) is 24.3 Å². The Labute approximate surface area is 103 Å². The van der Waals surface area contributed by atoms with Crippen LogP contribution in [0, 0.1) is 0 Å². The number of nitrogens with two attached hydrogens (primary N) is 1. The summed E-state index contributed by atoms with van der Waals surface area (Å²) in [7, 11) is 0. The Morgan fingerprint density at radius 1 is 1.24 bits per heavy atom. The van der Waals surface area contributed by atoms with Gasteiger partial charge >= 0.3 is 6.03 Å². The molecule has 17 heavy (non-hydrogen) atoms. The average molecular weight is 235 g/mol. The highest BCUT2D eigenvalue weighted by atomic mass is 16.2. The summed E-state index contributed by atoms with van der Waals surface area (Å²) in [5.74, 6) is 0. The molecule has 0 radical (unpaired) electrons. The van der Waals surface area contributed by atoms with E-state index in [2.05, 4.69) is 10.6 Å². The van der Waals surface area contributed by atoms with Crippen molar-refractivity contribution in [3.63, 3.8) is 0 Å². The van der Waals surface area contributed by atoms with E-state index < -0.39 is 0 Å². The van der Waals surface area contributed by atoms with Gasteiger partial charge in [0, 0.05) is 12.6 Å². The summed E-state index contributed by atoms with van der Waals surface area (Å²) >= 11 is 0. The third-order valence-electron chi connectivity index (χ3n) is 2.33. The van der Waals surface area contributed by atoms with Crippen LogP contribution in [0.3, 0.4) is 0 Å². The molecule has 1 rings (SSSR count). The van der Waals surface area contributed by atoms with Crippen LogP contribution in [0.25, 0.3) is 0 Å². The third-order valence-corrected chi connectivity index (χ3v) is 2.33. The molecule has 0 aromatic heterocycles. The van der Waals surface area contributed by atoms with Crippen LogP contribution in [0.1, 0.15) is 25.0 Å². The Bertz CT molecular complexity index is 346. The first-order chi connectivity index (χ1) is 8.11. The number of hydrogen-bond acceptors (Lipinski definition) is 2. The number of hydrogen-bond donors (Lipinski definition) is 3. The number of carbonyl (C=O) groups excluding carboxylic acids is 1. The maximum absolute atomic E-state index is 11.4. The van der Waals surface area contributed by atoms with Gasteiger partial charge in [-0.15, -0.1) is 0 Å². The quantitative estimate of drug-likeness (QED) is 0.722. The minimum Gasteiger partial charge on any atom is -0.336 e. The standard InChI is InChI=1S/C13H21N3O/c1-10(2)16-13(17)15-9-12-5-3-11(4-6-12)7-8-14/h3-6,10H,7-9,14H2,1-2H3,(H2,15,16,17). The van der Waals surface area contributed by atoms with Crippen molar-refractivity contribution in [1.29, 1.82) is 0 Å². The molecule has 1 aromatic carbocycles. The molecule has 0 atom stereocenters. The number of amides is 2. The minimum absolute atomic E-state index is 0.133. The lowest BCUT2D eigenvalue weighted by atomic mass is 10.1. The van der Waals surface area contributed by atoms with Crippen LogP contribution in [0.2, 0.25) is 0 Å². The van der Waals surface area contributed by atoms with Crippen molar-refractivity contribution >= 4 is 6.03 Å². The third kappa shape index (κ3) is 5.36. The van der Waals surface area contributed by atoms with Gasteiger partial charge < -0.3 is 16.4 Å². The van der Waals surface area contributed by atoms with Gasteiger partial charge in [0.2, 0.25) is 0 Å². The van der Waals surface area contributed by atoms with Crippen LogP contribution >= 0.6 is 0 Å². The van der Waals surface area contributed by atoms with E-state index in [4.69, 9.17) is 5.73 Å². The number of nitrogens with one attached hydrogen (secondary N) is 2. The molecule has 94 valence electrons. The van der Waals surface area contributed by atoms with Gasteiger partial charge in [-0.1, -0.05) is 24.3 Å². The number of benzene rings is 1. The first kappa shape index (κ1) is 13.5. The molecule has 2 amide bonds. The molecular weight excluding hydrogens is 214 g/mol. The van der Waals surface area contributed by atoms with Crippen molar-refractivity contribution in [3.05, 3.63) is 35.4 Å². The molecule has 0 bridgehead atoms. The van der Waals surface area contributed by atoms with Gasteiger partial charge in [0.15, 0.2) is 0 Å². The molecular formula is C13H21N3O. The van der Waals surface area contributed by atoms with Gasteiger partial charge in [-0.25, -0.2) is 4.79 Å². The second kappa shape index (κ2) is 6.91. The fraction of sp³-hybridized carbons (Fsp3) is 0.462. The lowest BCUT2D eigenvalue weighted by Crippen LogP contribution is -2.39. The van der Waals surface area contributed by atoms with Crippen LogP contribution < -0.4 is 16.4 Å². The topological polar surface area (TPSA) is 67.2 Å². The first-order valence-electron chi connectivity index (χ1n) is 5.94. The average Bonchev–Trinajstić information content (AvgIpc) is 2.28. The predicted octanol–water partition coefficient (Wildman–Crippen LogP) is 1.40. The van der Waals surface area contributed by atoms with Crippen LogP contribution in [0.4, 0.5) is 4.79 Å². The number of urea groups is 1. The normalized spacial score (nSPS) is 10.4. The molecule has 0 spiro atoms. The maximum atomic E-state index is 11.4. The second-order valence-corrected chi connectivity index (χ2v) is 4.34. The van der Waals surface area contributed by atoms with E-state index in [9.17, 15) is 4.79 Å². The van der Waals surface area contributed by atoms with E-state index >= 15 is 0 Å². The monoisotopic (exact) mass is 235 g/mol.